The molecule has 0 saturated carbocycles. The lowest BCUT2D eigenvalue weighted by Gasteiger charge is -2.25. The first-order valence-corrected chi connectivity index (χ1v) is 6.13. The Morgan fingerprint density at radius 2 is 2.20 bits per heavy atom. The van der Waals surface area contributed by atoms with Crippen LogP contribution in [0, 0.1) is 5.92 Å². The van der Waals surface area contributed by atoms with Crippen LogP contribution in [-0.2, 0) is 4.74 Å². The van der Waals surface area contributed by atoms with Crippen molar-refractivity contribution >= 4 is 0 Å². The van der Waals surface area contributed by atoms with Crippen molar-refractivity contribution in [2.24, 2.45) is 5.92 Å². The summed E-state index contributed by atoms with van der Waals surface area (Å²) in [6.07, 6.45) is 1.99. The van der Waals surface area contributed by atoms with E-state index >= 15 is 0 Å². The molecule has 0 spiro atoms. The van der Waals surface area contributed by atoms with Gasteiger partial charge in [-0.15, -0.1) is 0 Å². The van der Waals surface area contributed by atoms with E-state index in [-0.39, 0.29) is 6.10 Å². The van der Waals surface area contributed by atoms with Gasteiger partial charge in [-0.25, -0.2) is 0 Å². The lowest BCUT2D eigenvalue weighted by atomic mass is 10.0. The van der Waals surface area contributed by atoms with E-state index in [9.17, 15) is 5.11 Å². The van der Waals surface area contributed by atoms with E-state index in [1.807, 2.05) is 6.92 Å². The monoisotopic (exact) mass is 215 g/mol. The van der Waals surface area contributed by atoms with Crippen LogP contribution in [0.15, 0.2) is 0 Å². The summed E-state index contributed by atoms with van der Waals surface area (Å²) in [5.74, 6) is 0.704. The average molecular weight is 215 g/mol. The van der Waals surface area contributed by atoms with E-state index in [0.29, 0.717) is 12.0 Å². The van der Waals surface area contributed by atoms with E-state index in [1.165, 1.54) is 6.42 Å². The summed E-state index contributed by atoms with van der Waals surface area (Å²) in [6.45, 7) is 9.86. The quantitative estimate of drug-likeness (QED) is 0.682. The molecule has 0 amide bonds. The van der Waals surface area contributed by atoms with Crippen LogP contribution in [0.5, 0.6) is 0 Å². The van der Waals surface area contributed by atoms with E-state index in [0.717, 1.165) is 32.7 Å². The second-order valence-corrected chi connectivity index (χ2v) is 4.86. The smallest absolute Gasteiger partial charge is 0.0682 e. The molecule has 0 aromatic rings. The highest BCUT2D eigenvalue weighted by atomic mass is 16.5. The van der Waals surface area contributed by atoms with Crippen molar-refractivity contribution in [3.05, 3.63) is 0 Å². The van der Waals surface area contributed by atoms with Crippen LogP contribution in [0.3, 0.4) is 0 Å². The third-order valence-corrected chi connectivity index (χ3v) is 2.98. The van der Waals surface area contributed by atoms with E-state index < -0.39 is 0 Å². The lowest BCUT2D eigenvalue weighted by Crippen LogP contribution is -2.33. The molecule has 2 atom stereocenters. The van der Waals surface area contributed by atoms with Crippen molar-refractivity contribution in [2.75, 3.05) is 26.3 Å². The van der Waals surface area contributed by atoms with Crippen LogP contribution in [0.2, 0.25) is 0 Å². The van der Waals surface area contributed by atoms with Gasteiger partial charge >= 0.3 is 0 Å². The SMILES string of the molecule is CCOCCN1CC(O)CC1CC(C)C. The number of hydrogen-bond donors (Lipinski definition) is 1. The Morgan fingerprint density at radius 1 is 1.47 bits per heavy atom. The van der Waals surface area contributed by atoms with Gasteiger partial charge in [-0.05, 0) is 25.7 Å². The van der Waals surface area contributed by atoms with Crippen molar-refractivity contribution < 1.29 is 9.84 Å². The van der Waals surface area contributed by atoms with Gasteiger partial charge in [0, 0.05) is 25.7 Å². The summed E-state index contributed by atoms with van der Waals surface area (Å²) in [7, 11) is 0. The second kappa shape index (κ2) is 6.46. The molecule has 1 fully saturated rings. The van der Waals surface area contributed by atoms with Crippen molar-refractivity contribution in [3.63, 3.8) is 0 Å². The van der Waals surface area contributed by atoms with Gasteiger partial charge < -0.3 is 9.84 Å². The number of β-amino-alcohol motifs (C(OH)–C–C–N with tert-alkyl or cyclic N) is 1. The van der Waals surface area contributed by atoms with Crippen molar-refractivity contribution in [1.82, 2.24) is 4.90 Å². The zero-order valence-electron chi connectivity index (χ0n) is 10.3. The Hall–Kier alpha value is -0.120. The number of aliphatic hydroxyl groups excluding tert-OH is 1. The number of hydrogen-bond acceptors (Lipinski definition) is 3. The van der Waals surface area contributed by atoms with Gasteiger partial charge in [-0.1, -0.05) is 13.8 Å². The molecule has 0 aromatic heterocycles. The molecule has 15 heavy (non-hydrogen) atoms. The fourth-order valence-electron chi connectivity index (χ4n) is 2.35. The van der Waals surface area contributed by atoms with E-state index in [2.05, 4.69) is 18.7 Å². The van der Waals surface area contributed by atoms with Gasteiger partial charge in [0.15, 0.2) is 0 Å². The van der Waals surface area contributed by atoms with Crippen molar-refractivity contribution in [3.8, 4) is 0 Å². The zero-order valence-corrected chi connectivity index (χ0v) is 10.3. The maximum atomic E-state index is 9.66. The molecule has 1 rings (SSSR count). The second-order valence-electron chi connectivity index (χ2n) is 4.86. The minimum atomic E-state index is -0.129. The first-order valence-electron chi connectivity index (χ1n) is 6.13. The van der Waals surface area contributed by atoms with Crippen LogP contribution in [-0.4, -0.2) is 48.5 Å². The normalized spacial score (nSPS) is 27.8. The van der Waals surface area contributed by atoms with E-state index in [1.54, 1.807) is 0 Å². The number of likely N-dealkylation sites (tertiary alicyclic amines) is 1. The number of nitrogens with zero attached hydrogens (tertiary/aromatic N) is 1. The minimum Gasteiger partial charge on any atom is -0.392 e. The van der Waals surface area contributed by atoms with Gasteiger partial charge in [0.25, 0.3) is 0 Å². The standard InChI is InChI=1S/C12H25NO2/c1-4-15-6-5-13-9-12(14)8-11(13)7-10(2)3/h10-12,14H,4-9H2,1-3H3. The molecule has 1 saturated heterocycles. The van der Waals surface area contributed by atoms with E-state index in [4.69, 9.17) is 4.74 Å². The number of rotatable bonds is 6. The van der Waals surface area contributed by atoms with Crippen LogP contribution < -0.4 is 0 Å². The first kappa shape index (κ1) is 12.9. The third-order valence-electron chi connectivity index (χ3n) is 2.98. The summed E-state index contributed by atoms with van der Waals surface area (Å²) in [5.41, 5.74) is 0. The van der Waals surface area contributed by atoms with Gasteiger partial charge in [-0.3, -0.25) is 4.90 Å². The Bertz CT molecular complexity index is 173. The van der Waals surface area contributed by atoms with Crippen LogP contribution in [0.4, 0.5) is 0 Å². The topological polar surface area (TPSA) is 32.7 Å². The van der Waals surface area contributed by atoms with Crippen LogP contribution in [0.25, 0.3) is 0 Å². The summed E-state index contributed by atoms with van der Waals surface area (Å²) < 4.78 is 5.36. The largest absolute Gasteiger partial charge is 0.392 e. The highest BCUT2D eigenvalue weighted by Crippen LogP contribution is 2.23. The highest BCUT2D eigenvalue weighted by Gasteiger charge is 2.30. The maximum absolute atomic E-state index is 9.66. The Labute approximate surface area is 93.4 Å². The summed E-state index contributed by atoms with van der Waals surface area (Å²) >= 11 is 0. The average Bonchev–Trinajstić information content (AvgIpc) is 2.46. The molecule has 3 heteroatoms. The summed E-state index contributed by atoms with van der Waals surface area (Å²) in [4.78, 5) is 2.38. The maximum Gasteiger partial charge on any atom is 0.0682 e. The molecule has 90 valence electrons. The zero-order chi connectivity index (χ0) is 11.3. The third kappa shape index (κ3) is 4.49. The molecule has 1 N–H and O–H groups in total. The highest BCUT2D eigenvalue weighted by molar-refractivity contribution is 4.85. The molecule has 1 heterocycles. The minimum absolute atomic E-state index is 0.129. The fraction of sp³-hybridized carbons (Fsp3) is 1.00. The molecule has 1 aliphatic heterocycles. The molecule has 3 nitrogen and oxygen atoms in total. The Morgan fingerprint density at radius 3 is 2.80 bits per heavy atom. The predicted molar refractivity (Wildman–Crippen MR) is 61.9 cm³/mol. The van der Waals surface area contributed by atoms with Crippen molar-refractivity contribution in [2.45, 2.75) is 45.8 Å². The Balaban J connectivity index is 2.31. The number of ether oxygens (including phenoxy) is 1. The molecule has 0 radical (unpaired) electrons. The first-order chi connectivity index (χ1) is 7.13. The molecular weight excluding hydrogens is 190 g/mol. The molecule has 0 aliphatic carbocycles. The molecule has 0 bridgehead atoms. The molecule has 1 aliphatic rings. The Kier molecular flexibility index (Phi) is 5.58. The van der Waals surface area contributed by atoms with Gasteiger partial charge in [0.05, 0.1) is 12.7 Å². The van der Waals surface area contributed by atoms with Crippen LogP contribution >= 0.6 is 0 Å². The van der Waals surface area contributed by atoms with Gasteiger partial charge in [0.2, 0.25) is 0 Å². The predicted octanol–water partition coefficient (Wildman–Crippen LogP) is 1.50. The summed E-state index contributed by atoms with van der Waals surface area (Å²) in [5, 5.41) is 9.66. The number of aliphatic hydroxyl groups is 1. The molecule has 0 aromatic carbocycles. The van der Waals surface area contributed by atoms with Crippen molar-refractivity contribution in [1.29, 1.82) is 0 Å². The molecular formula is C12H25NO2. The van der Waals surface area contributed by atoms with Crippen LogP contribution in [0.1, 0.15) is 33.6 Å². The fourth-order valence-corrected chi connectivity index (χ4v) is 2.35. The molecule has 2 unspecified atom stereocenters. The van der Waals surface area contributed by atoms with Gasteiger partial charge in [-0.2, -0.15) is 0 Å². The lowest BCUT2D eigenvalue weighted by molar-refractivity contribution is 0.0996. The van der Waals surface area contributed by atoms with Gasteiger partial charge in [0.1, 0.15) is 0 Å². The summed E-state index contributed by atoms with van der Waals surface area (Å²) in [6, 6.07) is 0.556.